The Balaban J connectivity index is 1.74. The van der Waals surface area contributed by atoms with Crippen molar-refractivity contribution < 1.29 is 18.9 Å². The molecule has 0 spiro atoms. The van der Waals surface area contributed by atoms with Crippen molar-refractivity contribution in [1.29, 1.82) is 0 Å². The van der Waals surface area contributed by atoms with Gasteiger partial charge in [0.1, 0.15) is 6.23 Å². The van der Waals surface area contributed by atoms with Gasteiger partial charge < -0.3 is 20.8 Å². The van der Waals surface area contributed by atoms with Gasteiger partial charge in [0.05, 0.1) is 0 Å². The van der Waals surface area contributed by atoms with E-state index < -0.39 is 14.1 Å². The molecule has 0 amide bonds. The Bertz CT molecular complexity index is 782. The second-order valence-corrected chi connectivity index (χ2v) is 9.35. The van der Waals surface area contributed by atoms with Gasteiger partial charge in [0, 0.05) is 31.6 Å². The van der Waals surface area contributed by atoms with Crippen molar-refractivity contribution in [3.63, 3.8) is 0 Å². The van der Waals surface area contributed by atoms with E-state index in [1.807, 2.05) is 12.1 Å². The molecule has 1 aliphatic rings. The Kier molecular flexibility index (Phi) is 8.81. The van der Waals surface area contributed by atoms with Crippen LogP contribution in [0.5, 0.6) is 0 Å². The number of nitrogens with two attached hydrogens (primary N) is 1. The van der Waals surface area contributed by atoms with Gasteiger partial charge in [-0.25, -0.2) is 4.57 Å². The molecule has 3 rings (SSSR count). The first kappa shape index (κ1) is 24.1. The first-order chi connectivity index (χ1) is 14.9. The number of phosphoric ester groups is 1. The average Bonchev–Trinajstić information content (AvgIpc) is 2.79. The van der Waals surface area contributed by atoms with Crippen LogP contribution in [0.1, 0.15) is 36.8 Å². The van der Waals surface area contributed by atoms with Gasteiger partial charge in [0.15, 0.2) is 0 Å². The molecule has 1 aliphatic carbocycles. The molecule has 1 atom stereocenters. The largest absolute Gasteiger partial charge is 0.471 e. The molecule has 1 fully saturated rings. The van der Waals surface area contributed by atoms with E-state index in [0.29, 0.717) is 26.2 Å². The molecule has 0 aromatic heterocycles. The summed E-state index contributed by atoms with van der Waals surface area (Å²) in [4.78, 5) is 18.9. The fourth-order valence-corrected chi connectivity index (χ4v) is 5.20. The molecule has 0 saturated heterocycles. The van der Waals surface area contributed by atoms with Crippen LogP contribution < -0.4 is 16.4 Å². The molecule has 6 N–H and O–H groups in total. The quantitative estimate of drug-likeness (QED) is 0.204. The third-order valence-electron chi connectivity index (χ3n) is 6.18. The Labute approximate surface area is 184 Å². The van der Waals surface area contributed by atoms with Crippen molar-refractivity contribution in [3.05, 3.63) is 71.8 Å². The average molecular weight is 448 g/mol. The first-order valence-electron chi connectivity index (χ1n) is 10.9. The summed E-state index contributed by atoms with van der Waals surface area (Å²) in [5.74, 6) is 0.0164. The molecule has 0 heterocycles. The van der Waals surface area contributed by atoms with E-state index in [-0.39, 0.29) is 11.3 Å². The predicted octanol–water partition coefficient (Wildman–Crippen LogP) is 2.74. The summed E-state index contributed by atoms with van der Waals surface area (Å²) < 4.78 is 16.8. The third kappa shape index (κ3) is 6.70. The lowest BCUT2D eigenvalue weighted by molar-refractivity contribution is 0.0394. The van der Waals surface area contributed by atoms with Crippen molar-refractivity contribution in [1.82, 2.24) is 10.6 Å². The number of rotatable bonds is 11. The molecule has 31 heavy (non-hydrogen) atoms. The van der Waals surface area contributed by atoms with Crippen LogP contribution >= 0.6 is 7.82 Å². The standard InChI is InChI=1S/C23H34N3O4P/c24-15-16-25-17-18-26-22(30-31(27,28)29)19-11-13-23(14-12-19,20-7-3-1-4-8-20)21-9-5-2-6-10-21/h1-10,19,22,25-26H,11-18,24H2,(H2,27,28,29). The maximum absolute atomic E-state index is 11.6. The summed E-state index contributed by atoms with van der Waals surface area (Å²) in [7, 11) is -4.60. The minimum absolute atomic E-state index is 0.0164. The van der Waals surface area contributed by atoms with Crippen LogP contribution in [0.15, 0.2) is 60.7 Å². The summed E-state index contributed by atoms with van der Waals surface area (Å²) >= 11 is 0. The highest BCUT2D eigenvalue weighted by atomic mass is 31.2. The molecule has 8 heteroatoms. The van der Waals surface area contributed by atoms with E-state index in [1.54, 1.807) is 0 Å². The zero-order valence-electron chi connectivity index (χ0n) is 17.8. The summed E-state index contributed by atoms with van der Waals surface area (Å²) in [6, 6.07) is 21.1. The van der Waals surface area contributed by atoms with Crippen LogP contribution in [0.3, 0.4) is 0 Å². The van der Waals surface area contributed by atoms with Gasteiger partial charge in [-0.2, -0.15) is 0 Å². The van der Waals surface area contributed by atoms with Crippen LogP contribution in [0.4, 0.5) is 0 Å². The van der Waals surface area contributed by atoms with E-state index in [9.17, 15) is 14.4 Å². The zero-order chi connectivity index (χ0) is 22.2. The molecule has 1 unspecified atom stereocenters. The van der Waals surface area contributed by atoms with Crippen molar-refractivity contribution >= 4 is 7.82 Å². The van der Waals surface area contributed by atoms with E-state index >= 15 is 0 Å². The lowest BCUT2D eigenvalue weighted by Crippen LogP contribution is -2.45. The minimum atomic E-state index is -4.60. The fraction of sp³-hybridized carbons (Fsp3) is 0.478. The maximum atomic E-state index is 11.6. The molecule has 2 aromatic carbocycles. The fourth-order valence-electron chi connectivity index (χ4n) is 4.66. The maximum Gasteiger partial charge on any atom is 0.471 e. The smallest absolute Gasteiger partial charge is 0.329 e. The Morgan fingerprint density at radius 2 is 1.52 bits per heavy atom. The number of hydrogen-bond donors (Lipinski definition) is 5. The van der Waals surface area contributed by atoms with Crippen LogP contribution in [0.2, 0.25) is 0 Å². The number of phosphoric acid groups is 1. The second-order valence-electron chi connectivity index (χ2n) is 8.16. The highest BCUT2D eigenvalue weighted by Crippen LogP contribution is 2.48. The molecule has 0 aliphatic heterocycles. The van der Waals surface area contributed by atoms with Gasteiger partial charge in [0.2, 0.25) is 0 Å². The summed E-state index contributed by atoms with van der Waals surface area (Å²) in [5.41, 5.74) is 7.95. The SMILES string of the molecule is NCCNCCNC(OP(=O)(O)O)C1CCC(c2ccccc2)(c2ccccc2)CC1. The van der Waals surface area contributed by atoms with Gasteiger partial charge in [0.25, 0.3) is 0 Å². The predicted molar refractivity (Wildman–Crippen MR) is 122 cm³/mol. The normalized spacial score (nSPS) is 18.0. The van der Waals surface area contributed by atoms with E-state index in [1.165, 1.54) is 11.1 Å². The van der Waals surface area contributed by atoms with Crippen LogP contribution in [0, 0.1) is 5.92 Å². The van der Waals surface area contributed by atoms with E-state index in [2.05, 4.69) is 59.2 Å². The molecule has 1 saturated carbocycles. The van der Waals surface area contributed by atoms with E-state index in [4.69, 9.17) is 10.3 Å². The number of benzene rings is 2. The molecular formula is C23H34N3O4P. The molecule has 170 valence electrons. The molecule has 7 nitrogen and oxygen atoms in total. The van der Waals surface area contributed by atoms with Gasteiger partial charge in [-0.3, -0.25) is 9.84 Å². The molecule has 0 radical (unpaired) electrons. The molecule has 0 bridgehead atoms. The second kappa shape index (κ2) is 11.3. The van der Waals surface area contributed by atoms with Crippen LogP contribution in [-0.4, -0.2) is 42.2 Å². The lowest BCUT2D eigenvalue weighted by atomic mass is 9.63. The highest BCUT2D eigenvalue weighted by Gasteiger charge is 2.41. The topological polar surface area (TPSA) is 117 Å². The van der Waals surface area contributed by atoms with Crippen molar-refractivity contribution in [3.8, 4) is 0 Å². The Hall–Kier alpha value is -1.57. The van der Waals surface area contributed by atoms with Crippen molar-refractivity contribution in [2.75, 3.05) is 26.2 Å². The van der Waals surface area contributed by atoms with Crippen LogP contribution in [-0.2, 0) is 14.5 Å². The van der Waals surface area contributed by atoms with Crippen molar-refractivity contribution in [2.45, 2.75) is 37.3 Å². The van der Waals surface area contributed by atoms with Crippen molar-refractivity contribution in [2.24, 2.45) is 11.7 Å². The van der Waals surface area contributed by atoms with Crippen LogP contribution in [0.25, 0.3) is 0 Å². The third-order valence-corrected chi connectivity index (χ3v) is 6.69. The van der Waals surface area contributed by atoms with E-state index in [0.717, 1.165) is 25.7 Å². The molecular weight excluding hydrogens is 413 g/mol. The lowest BCUT2D eigenvalue weighted by Gasteiger charge is -2.43. The van der Waals surface area contributed by atoms with Gasteiger partial charge in [-0.1, -0.05) is 60.7 Å². The number of nitrogens with one attached hydrogen (secondary N) is 2. The minimum Gasteiger partial charge on any atom is -0.329 e. The monoisotopic (exact) mass is 447 g/mol. The summed E-state index contributed by atoms with van der Waals surface area (Å²) in [6.45, 7) is 2.45. The number of hydrogen-bond acceptors (Lipinski definition) is 5. The Morgan fingerprint density at radius 1 is 0.968 bits per heavy atom. The molecule has 2 aromatic rings. The van der Waals surface area contributed by atoms with Gasteiger partial charge in [-0.15, -0.1) is 0 Å². The zero-order valence-corrected chi connectivity index (χ0v) is 18.7. The summed E-state index contributed by atoms with van der Waals surface area (Å²) in [6.07, 6.45) is 2.69. The first-order valence-corrected chi connectivity index (χ1v) is 12.5. The van der Waals surface area contributed by atoms with Gasteiger partial charge >= 0.3 is 7.82 Å². The van der Waals surface area contributed by atoms with Gasteiger partial charge in [-0.05, 0) is 42.7 Å². The highest BCUT2D eigenvalue weighted by molar-refractivity contribution is 7.46. The summed E-state index contributed by atoms with van der Waals surface area (Å²) in [5, 5.41) is 6.37. The Morgan fingerprint density at radius 3 is 2.00 bits per heavy atom.